The summed E-state index contributed by atoms with van der Waals surface area (Å²) in [5.41, 5.74) is 5.08. The Labute approximate surface area is 245 Å². The fourth-order valence-electron chi connectivity index (χ4n) is 5.51. The third-order valence-electron chi connectivity index (χ3n) is 7.62. The van der Waals surface area contributed by atoms with Gasteiger partial charge in [-0.15, -0.1) is 11.3 Å². The molecule has 2 N–H and O–H groups in total. The quantitative estimate of drug-likeness (QED) is 0.216. The van der Waals surface area contributed by atoms with Gasteiger partial charge in [0.05, 0.1) is 45.1 Å². The third-order valence-corrected chi connectivity index (χ3v) is 8.55. The Morgan fingerprint density at radius 3 is 2.63 bits per heavy atom. The molecule has 1 aliphatic rings. The number of fused-ring (bicyclic) bond motifs is 1. The first-order valence-corrected chi connectivity index (χ1v) is 14.8. The number of ether oxygens (including phenoxy) is 1. The Morgan fingerprint density at radius 2 is 1.93 bits per heavy atom. The number of carbonyl (C=O) groups is 1. The van der Waals surface area contributed by atoms with Crippen LogP contribution in [-0.4, -0.2) is 65.1 Å². The molecule has 0 spiro atoms. The largest absolute Gasteiger partial charge is 0.494 e. The molecule has 10 heteroatoms. The molecule has 0 unspecified atom stereocenters. The third kappa shape index (κ3) is 6.34. The number of nitrogens with one attached hydrogen (secondary N) is 2. The van der Waals surface area contributed by atoms with E-state index in [4.69, 9.17) is 4.74 Å². The van der Waals surface area contributed by atoms with Gasteiger partial charge in [0.2, 0.25) is 5.91 Å². The second-order valence-corrected chi connectivity index (χ2v) is 11.3. The maximum absolute atomic E-state index is 12.4. The molecule has 41 heavy (non-hydrogen) atoms. The first-order chi connectivity index (χ1) is 19.9. The lowest BCUT2D eigenvalue weighted by Gasteiger charge is -2.39. The first kappa shape index (κ1) is 28.5. The number of aromatic nitrogens is 3. The summed E-state index contributed by atoms with van der Waals surface area (Å²) in [6.07, 6.45) is 4.96. The van der Waals surface area contributed by atoms with Gasteiger partial charge < -0.3 is 25.2 Å². The highest BCUT2D eigenvalue weighted by molar-refractivity contribution is 7.18. The fraction of sp³-hybridized carbons (Fsp3) is 0.355. The molecule has 0 atom stereocenters. The van der Waals surface area contributed by atoms with E-state index in [9.17, 15) is 4.79 Å². The molecular weight excluding hydrogens is 534 g/mol. The predicted octanol–water partition coefficient (Wildman–Crippen LogP) is 6.25. The zero-order valence-corrected chi connectivity index (χ0v) is 24.9. The highest BCUT2D eigenvalue weighted by atomic mass is 32.1. The van der Waals surface area contributed by atoms with E-state index in [1.165, 1.54) is 6.08 Å². The Bertz CT molecular complexity index is 1540. The number of methoxy groups -OCH3 is 1. The van der Waals surface area contributed by atoms with E-state index >= 15 is 0 Å². The number of anilines is 4. The molecule has 0 aliphatic carbocycles. The van der Waals surface area contributed by atoms with Gasteiger partial charge in [0.25, 0.3) is 0 Å². The van der Waals surface area contributed by atoms with E-state index in [1.54, 1.807) is 24.8 Å². The highest BCUT2D eigenvalue weighted by Crippen LogP contribution is 2.40. The Balaban J connectivity index is 1.43. The number of nitrogens with zero attached hydrogens (tertiary/aromatic N) is 5. The average molecular weight is 572 g/mol. The van der Waals surface area contributed by atoms with Crippen LogP contribution in [0.25, 0.3) is 21.5 Å². The van der Waals surface area contributed by atoms with Gasteiger partial charge in [-0.05, 0) is 57.1 Å². The topological polar surface area (TPSA) is 95.5 Å². The molecule has 4 aromatic rings. The van der Waals surface area contributed by atoms with Gasteiger partial charge >= 0.3 is 0 Å². The SMILES string of the molecule is C=CC(=O)Nc1cc(Nc2cc(-c3ccc4nc(C)sc4c3)ncn2)c(OC)cc1N1CCC(N(CC)CC)CC1. The number of hydrogen-bond acceptors (Lipinski definition) is 9. The number of amides is 1. The number of rotatable bonds is 10. The molecule has 3 heterocycles. The van der Waals surface area contributed by atoms with Crippen LogP contribution < -0.4 is 20.3 Å². The first-order valence-electron chi connectivity index (χ1n) is 14.0. The molecule has 9 nitrogen and oxygen atoms in total. The monoisotopic (exact) mass is 571 g/mol. The minimum atomic E-state index is -0.265. The molecule has 1 amide bonds. The van der Waals surface area contributed by atoms with Crippen LogP contribution in [0.5, 0.6) is 5.75 Å². The van der Waals surface area contributed by atoms with Gasteiger partial charge in [-0.2, -0.15) is 0 Å². The fourth-order valence-corrected chi connectivity index (χ4v) is 6.38. The van der Waals surface area contributed by atoms with Crippen LogP contribution in [0.15, 0.2) is 55.4 Å². The number of aryl methyl sites for hydroxylation is 1. The molecule has 2 aromatic heterocycles. The Kier molecular flexibility index (Phi) is 8.80. The van der Waals surface area contributed by atoms with Crippen molar-refractivity contribution in [3.05, 3.63) is 60.4 Å². The molecule has 0 saturated carbocycles. The van der Waals surface area contributed by atoms with Crippen molar-refractivity contribution in [1.29, 1.82) is 0 Å². The minimum Gasteiger partial charge on any atom is -0.494 e. The van der Waals surface area contributed by atoms with Gasteiger partial charge in [-0.1, -0.05) is 26.5 Å². The number of carbonyl (C=O) groups excluding carboxylic acids is 1. The maximum atomic E-state index is 12.4. The van der Waals surface area contributed by atoms with Crippen LogP contribution in [0, 0.1) is 6.92 Å². The Hall–Kier alpha value is -4.02. The summed E-state index contributed by atoms with van der Waals surface area (Å²) in [5, 5.41) is 7.42. The zero-order valence-electron chi connectivity index (χ0n) is 24.1. The smallest absolute Gasteiger partial charge is 0.247 e. The number of benzene rings is 2. The standard InChI is InChI=1S/C31H37N7O2S/c1-6-31(39)36-25-16-26(28(40-5)18-27(25)38-13-11-22(12-14-38)37(7-2)8-3)35-30-17-24(32-19-33-30)21-9-10-23-29(15-21)41-20(4)34-23/h6,9-10,15-19,22H,1,7-8,11-14H2,2-5H3,(H,36,39)(H,32,33,35). The van der Waals surface area contributed by atoms with Crippen molar-refractivity contribution in [2.24, 2.45) is 0 Å². The van der Waals surface area contributed by atoms with E-state index in [0.717, 1.165) is 71.2 Å². The van der Waals surface area contributed by atoms with E-state index in [-0.39, 0.29) is 5.91 Å². The van der Waals surface area contributed by atoms with Gasteiger partial charge in [-0.25, -0.2) is 15.0 Å². The van der Waals surface area contributed by atoms with Gasteiger partial charge in [-0.3, -0.25) is 4.79 Å². The molecule has 1 saturated heterocycles. The van der Waals surface area contributed by atoms with Crippen molar-refractivity contribution < 1.29 is 9.53 Å². The van der Waals surface area contributed by atoms with Gasteiger partial charge in [0.1, 0.15) is 17.9 Å². The van der Waals surface area contributed by atoms with Gasteiger partial charge in [0, 0.05) is 36.8 Å². The van der Waals surface area contributed by atoms with Crippen molar-refractivity contribution in [2.75, 3.05) is 48.8 Å². The lowest BCUT2D eigenvalue weighted by molar-refractivity contribution is -0.111. The van der Waals surface area contributed by atoms with Crippen LogP contribution >= 0.6 is 11.3 Å². The zero-order chi connectivity index (χ0) is 28.9. The van der Waals surface area contributed by atoms with E-state index < -0.39 is 0 Å². The van der Waals surface area contributed by atoms with Crippen LogP contribution in [-0.2, 0) is 4.79 Å². The second-order valence-electron chi connectivity index (χ2n) is 10.0. The molecule has 0 radical (unpaired) electrons. The van der Waals surface area contributed by atoms with Crippen LogP contribution in [0.4, 0.5) is 22.9 Å². The normalized spacial score (nSPS) is 13.9. The average Bonchev–Trinajstić information content (AvgIpc) is 3.37. The summed E-state index contributed by atoms with van der Waals surface area (Å²) in [4.78, 5) is 30.8. The Morgan fingerprint density at radius 1 is 1.15 bits per heavy atom. The number of piperidine rings is 1. The van der Waals surface area contributed by atoms with Crippen LogP contribution in [0.3, 0.4) is 0 Å². The highest BCUT2D eigenvalue weighted by Gasteiger charge is 2.26. The summed E-state index contributed by atoms with van der Waals surface area (Å²) in [5.74, 6) is 1.00. The van der Waals surface area contributed by atoms with Crippen LogP contribution in [0.1, 0.15) is 31.7 Å². The maximum Gasteiger partial charge on any atom is 0.247 e. The van der Waals surface area contributed by atoms with E-state index in [0.29, 0.717) is 29.0 Å². The van der Waals surface area contributed by atoms with Crippen LogP contribution in [0.2, 0.25) is 0 Å². The molecular formula is C31H37N7O2S. The predicted molar refractivity (Wildman–Crippen MR) is 169 cm³/mol. The lowest BCUT2D eigenvalue weighted by atomic mass is 10.0. The van der Waals surface area contributed by atoms with Gasteiger partial charge in [0.15, 0.2) is 0 Å². The summed E-state index contributed by atoms with van der Waals surface area (Å²) < 4.78 is 6.94. The minimum absolute atomic E-state index is 0.265. The molecule has 1 aliphatic heterocycles. The molecule has 2 aromatic carbocycles. The molecule has 1 fully saturated rings. The molecule has 214 valence electrons. The number of thiazole rings is 1. The summed E-state index contributed by atoms with van der Waals surface area (Å²) in [7, 11) is 1.65. The summed E-state index contributed by atoms with van der Waals surface area (Å²) in [6, 6.07) is 12.5. The van der Waals surface area contributed by atoms with E-state index in [1.807, 2.05) is 37.3 Å². The molecule has 5 rings (SSSR count). The van der Waals surface area contributed by atoms with Crippen molar-refractivity contribution >= 4 is 50.3 Å². The van der Waals surface area contributed by atoms with Crippen molar-refractivity contribution in [2.45, 2.75) is 39.7 Å². The summed E-state index contributed by atoms with van der Waals surface area (Å²) >= 11 is 1.66. The lowest BCUT2D eigenvalue weighted by Crippen LogP contribution is -2.45. The second kappa shape index (κ2) is 12.7. The molecule has 0 bridgehead atoms. The van der Waals surface area contributed by atoms with E-state index in [2.05, 4.69) is 61.9 Å². The summed E-state index contributed by atoms with van der Waals surface area (Å²) in [6.45, 7) is 14.0. The number of hydrogen-bond donors (Lipinski definition) is 2. The van der Waals surface area contributed by atoms with Crippen molar-refractivity contribution in [1.82, 2.24) is 19.9 Å². The van der Waals surface area contributed by atoms with Crippen molar-refractivity contribution in [3.8, 4) is 17.0 Å². The van der Waals surface area contributed by atoms with Crippen molar-refractivity contribution in [3.63, 3.8) is 0 Å².